The largest absolute Gasteiger partial charge is 0.468 e. The third kappa shape index (κ3) is 3.93. The minimum atomic E-state index is -0.685. The Balaban J connectivity index is 1.90. The van der Waals surface area contributed by atoms with Crippen LogP contribution in [-0.4, -0.2) is 26.4 Å². The van der Waals surface area contributed by atoms with Crippen molar-refractivity contribution in [3.05, 3.63) is 72.9 Å². The highest BCUT2D eigenvalue weighted by Gasteiger charge is 2.23. The van der Waals surface area contributed by atoms with Crippen LogP contribution in [0.25, 0.3) is 0 Å². The lowest BCUT2D eigenvalue weighted by atomic mass is 10.1. The quantitative estimate of drug-likeness (QED) is 0.610. The molecule has 0 aliphatic heterocycles. The van der Waals surface area contributed by atoms with E-state index in [1.807, 2.05) is 28.5 Å². The Morgan fingerprint density at radius 1 is 1.19 bits per heavy atom. The number of thiophene rings is 1. The first-order chi connectivity index (χ1) is 12.9. The molecule has 3 heterocycles. The summed E-state index contributed by atoms with van der Waals surface area (Å²) in [6, 6.07) is 7.52. The predicted octanol–water partition coefficient (Wildman–Crippen LogP) is 1.21. The van der Waals surface area contributed by atoms with Crippen LogP contribution >= 0.6 is 11.3 Å². The molecule has 3 aromatic rings. The fraction of sp³-hybridized carbons (Fsp3) is 0.278. The average Bonchev–Trinajstić information content (AvgIpc) is 3.32. The molecular formula is C18H20N4O4S. The molecule has 27 heavy (non-hydrogen) atoms. The number of nitrogens with zero attached hydrogens (tertiary/aromatic N) is 3. The van der Waals surface area contributed by atoms with Crippen LogP contribution in [0.1, 0.15) is 21.0 Å². The molecule has 3 aromatic heterocycles. The topological polar surface area (TPSA) is 103 Å². The van der Waals surface area contributed by atoms with E-state index >= 15 is 0 Å². The smallest absolute Gasteiger partial charge is 0.332 e. The van der Waals surface area contributed by atoms with Crippen LogP contribution in [0.15, 0.2) is 49.9 Å². The molecule has 0 atom stereocenters. The van der Waals surface area contributed by atoms with E-state index < -0.39 is 17.0 Å². The molecule has 3 rings (SSSR count). The molecule has 0 spiro atoms. The van der Waals surface area contributed by atoms with Crippen molar-refractivity contribution < 1.29 is 9.21 Å². The first-order valence-electron chi connectivity index (χ1n) is 8.24. The zero-order valence-corrected chi connectivity index (χ0v) is 15.9. The number of rotatable bonds is 7. The van der Waals surface area contributed by atoms with Crippen molar-refractivity contribution in [2.75, 3.05) is 12.3 Å². The summed E-state index contributed by atoms with van der Waals surface area (Å²) in [4.78, 5) is 40.2. The van der Waals surface area contributed by atoms with Crippen LogP contribution < -0.4 is 17.0 Å². The van der Waals surface area contributed by atoms with E-state index in [2.05, 4.69) is 0 Å². The zero-order valence-electron chi connectivity index (χ0n) is 15.0. The van der Waals surface area contributed by atoms with Gasteiger partial charge in [0.2, 0.25) is 0 Å². The lowest BCUT2D eigenvalue weighted by Gasteiger charge is -2.20. The second-order valence-corrected chi connectivity index (χ2v) is 7.23. The van der Waals surface area contributed by atoms with Crippen LogP contribution in [0.5, 0.6) is 0 Å². The number of furan rings is 1. The van der Waals surface area contributed by atoms with Gasteiger partial charge < -0.3 is 10.2 Å². The van der Waals surface area contributed by atoms with E-state index in [4.69, 9.17) is 10.2 Å². The molecule has 0 aliphatic carbocycles. The maximum Gasteiger partial charge on any atom is 0.332 e. The minimum absolute atomic E-state index is 0.0315. The molecule has 0 bridgehead atoms. The maximum absolute atomic E-state index is 12.9. The Morgan fingerprint density at radius 2 is 1.96 bits per heavy atom. The van der Waals surface area contributed by atoms with Gasteiger partial charge in [0.15, 0.2) is 5.78 Å². The number of nitrogens with two attached hydrogens (primary N) is 1. The van der Waals surface area contributed by atoms with Gasteiger partial charge in [0.25, 0.3) is 5.56 Å². The number of anilines is 1. The highest BCUT2D eigenvalue weighted by molar-refractivity contribution is 7.09. The van der Waals surface area contributed by atoms with Crippen molar-refractivity contribution in [2.45, 2.75) is 13.1 Å². The summed E-state index contributed by atoms with van der Waals surface area (Å²) in [5.41, 5.74) is 4.47. The van der Waals surface area contributed by atoms with Crippen molar-refractivity contribution in [2.24, 2.45) is 14.1 Å². The van der Waals surface area contributed by atoms with Crippen molar-refractivity contribution in [1.82, 2.24) is 14.0 Å². The van der Waals surface area contributed by atoms with Crippen molar-refractivity contribution in [3.63, 3.8) is 0 Å². The van der Waals surface area contributed by atoms with E-state index in [0.717, 1.165) is 14.0 Å². The molecule has 142 valence electrons. The van der Waals surface area contributed by atoms with Gasteiger partial charge in [-0.3, -0.25) is 23.6 Å². The third-order valence-electron chi connectivity index (χ3n) is 4.27. The monoisotopic (exact) mass is 388 g/mol. The molecule has 0 unspecified atom stereocenters. The summed E-state index contributed by atoms with van der Waals surface area (Å²) in [5, 5.41) is 1.96. The summed E-state index contributed by atoms with van der Waals surface area (Å²) in [5.74, 6) is 0.148. The first kappa shape index (κ1) is 18.9. The van der Waals surface area contributed by atoms with Crippen LogP contribution in [0, 0.1) is 0 Å². The predicted molar refractivity (Wildman–Crippen MR) is 103 cm³/mol. The van der Waals surface area contributed by atoms with Gasteiger partial charge in [0.1, 0.15) is 17.1 Å². The van der Waals surface area contributed by atoms with Gasteiger partial charge in [-0.25, -0.2) is 4.79 Å². The third-order valence-corrected chi connectivity index (χ3v) is 5.14. The highest BCUT2D eigenvalue weighted by atomic mass is 32.1. The average molecular weight is 388 g/mol. The Morgan fingerprint density at radius 3 is 2.59 bits per heavy atom. The minimum Gasteiger partial charge on any atom is -0.468 e. The number of nitrogen functional groups attached to an aromatic ring is 1. The normalized spacial score (nSPS) is 11.2. The first-order valence-corrected chi connectivity index (χ1v) is 9.12. The second-order valence-electron chi connectivity index (χ2n) is 6.19. The van der Waals surface area contributed by atoms with Crippen LogP contribution in [0.2, 0.25) is 0 Å². The van der Waals surface area contributed by atoms with Crippen LogP contribution in [0.4, 0.5) is 5.82 Å². The lowest BCUT2D eigenvalue weighted by Crippen LogP contribution is -2.43. The number of carbonyl (C=O) groups is 1. The Labute approximate surface area is 159 Å². The number of hydrogen-bond acceptors (Lipinski definition) is 7. The van der Waals surface area contributed by atoms with Gasteiger partial charge >= 0.3 is 5.69 Å². The van der Waals surface area contributed by atoms with Crippen molar-refractivity contribution in [3.8, 4) is 0 Å². The van der Waals surface area contributed by atoms with E-state index in [1.54, 1.807) is 23.7 Å². The molecule has 0 fully saturated rings. The number of ketones is 1. The number of Topliss-reactive ketones (excluding diaryl/α,β-unsaturated/α-hetero) is 1. The van der Waals surface area contributed by atoms with Gasteiger partial charge in [-0.05, 0) is 23.6 Å². The van der Waals surface area contributed by atoms with E-state index in [1.165, 1.54) is 14.1 Å². The number of carbonyl (C=O) groups excluding carboxylic acids is 1. The fourth-order valence-corrected chi connectivity index (χ4v) is 3.56. The molecule has 0 amide bonds. The van der Waals surface area contributed by atoms with Crippen molar-refractivity contribution in [1.29, 1.82) is 0 Å². The van der Waals surface area contributed by atoms with Gasteiger partial charge in [-0.2, -0.15) is 0 Å². The standard InChI is InChI=1S/C18H20N4O4S/c1-20-16(19)15(17(24)21(2)18(20)25)14(23)11-22(9-12-5-3-7-26-12)10-13-6-4-8-27-13/h3-8H,9-11,19H2,1-2H3. The molecule has 8 nitrogen and oxygen atoms in total. The Kier molecular flexibility index (Phi) is 5.43. The van der Waals surface area contributed by atoms with Gasteiger partial charge in [-0.1, -0.05) is 6.07 Å². The highest BCUT2D eigenvalue weighted by Crippen LogP contribution is 2.16. The molecule has 0 aliphatic rings. The van der Waals surface area contributed by atoms with E-state index in [9.17, 15) is 14.4 Å². The fourth-order valence-electron chi connectivity index (χ4n) is 2.82. The van der Waals surface area contributed by atoms with E-state index in [0.29, 0.717) is 18.8 Å². The van der Waals surface area contributed by atoms with Gasteiger partial charge in [0, 0.05) is 25.5 Å². The second kappa shape index (κ2) is 7.77. The molecule has 0 saturated heterocycles. The van der Waals surface area contributed by atoms with E-state index in [-0.39, 0.29) is 17.9 Å². The molecule has 2 N–H and O–H groups in total. The van der Waals surface area contributed by atoms with Crippen LogP contribution in [0.3, 0.4) is 0 Å². The van der Waals surface area contributed by atoms with Crippen molar-refractivity contribution >= 4 is 22.9 Å². The summed E-state index contributed by atoms with van der Waals surface area (Å²) < 4.78 is 7.38. The lowest BCUT2D eigenvalue weighted by molar-refractivity contribution is 0.0913. The Bertz CT molecular complexity index is 1010. The summed E-state index contributed by atoms with van der Waals surface area (Å²) in [6.07, 6.45) is 1.57. The maximum atomic E-state index is 12.9. The molecule has 0 aromatic carbocycles. The summed E-state index contributed by atoms with van der Waals surface area (Å²) in [7, 11) is 2.76. The zero-order chi connectivity index (χ0) is 19.6. The van der Waals surface area contributed by atoms with Gasteiger partial charge in [-0.15, -0.1) is 11.3 Å². The summed E-state index contributed by atoms with van der Waals surface area (Å²) in [6.45, 7) is 0.898. The molecule has 0 saturated carbocycles. The number of aromatic nitrogens is 2. The molecule has 9 heteroatoms. The SMILES string of the molecule is Cn1c(N)c(C(=O)CN(Cc2ccco2)Cc2cccs2)c(=O)n(C)c1=O. The summed E-state index contributed by atoms with van der Waals surface area (Å²) >= 11 is 1.58. The molecular weight excluding hydrogens is 368 g/mol. The van der Waals surface area contributed by atoms with Crippen LogP contribution in [-0.2, 0) is 27.2 Å². The van der Waals surface area contributed by atoms with Gasteiger partial charge in [0.05, 0.1) is 19.4 Å². The molecule has 0 radical (unpaired) electrons. The number of hydrogen-bond donors (Lipinski definition) is 1. The Hall–Kier alpha value is -2.91.